The minimum Gasteiger partial charge on any atom is -0.249 e. The summed E-state index contributed by atoms with van der Waals surface area (Å²) in [5.74, 6) is 1.33. The molecule has 0 saturated carbocycles. The molecule has 0 amide bonds. The first-order valence-electron chi connectivity index (χ1n) is 5.33. The third-order valence-electron chi connectivity index (χ3n) is 1.94. The first-order chi connectivity index (χ1) is 7.15. The Hall–Kier alpha value is -1.38. The Labute approximate surface area is 92.5 Å². The minimum absolute atomic E-state index is 0.467. The van der Waals surface area contributed by atoms with Gasteiger partial charge in [-0.05, 0) is 17.6 Å². The predicted molar refractivity (Wildman–Crippen MR) is 65.4 cm³/mol. The average molecular weight is 207 g/mol. The molecule has 1 aromatic rings. The molecule has 84 valence electrons. The highest BCUT2D eigenvalue weighted by Gasteiger charge is 2.01. The lowest BCUT2D eigenvalue weighted by Crippen LogP contribution is -1.96. The molecule has 1 rings (SSSR count). The molecule has 0 saturated heterocycles. The molecule has 0 spiro atoms. The molecule has 0 aliphatic heterocycles. The van der Waals surface area contributed by atoms with Crippen LogP contribution < -0.4 is 0 Å². The summed E-state index contributed by atoms with van der Waals surface area (Å²) in [6.07, 6.45) is 5.41. The maximum atomic E-state index is 4.11. The maximum absolute atomic E-state index is 4.11. The number of hydrogen-bond acceptors (Lipinski definition) is 2. The predicted octanol–water partition coefficient (Wildman–Crippen LogP) is 3.07. The van der Waals surface area contributed by atoms with Crippen molar-refractivity contribution in [3.8, 4) is 0 Å². The largest absolute Gasteiger partial charge is 0.249 e. The lowest BCUT2D eigenvalue weighted by molar-refractivity contribution is 0.751. The fourth-order valence-electron chi connectivity index (χ4n) is 1.05. The SMILES string of the molecule is C=C/C(=C\c1ncnn1C)C(C)C.CC. The van der Waals surface area contributed by atoms with E-state index in [9.17, 15) is 0 Å². The van der Waals surface area contributed by atoms with Crippen molar-refractivity contribution in [3.05, 3.63) is 30.4 Å². The quantitative estimate of drug-likeness (QED) is 0.713. The molecule has 0 aliphatic carbocycles. The summed E-state index contributed by atoms with van der Waals surface area (Å²) in [6.45, 7) is 12.0. The third-order valence-corrected chi connectivity index (χ3v) is 1.94. The molecule has 1 heterocycles. The molecule has 1 aromatic heterocycles. The van der Waals surface area contributed by atoms with Crippen molar-refractivity contribution in [2.75, 3.05) is 0 Å². The summed E-state index contributed by atoms with van der Waals surface area (Å²) in [4.78, 5) is 4.11. The van der Waals surface area contributed by atoms with Crippen LogP contribution >= 0.6 is 0 Å². The van der Waals surface area contributed by atoms with E-state index in [2.05, 4.69) is 30.5 Å². The van der Waals surface area contributed by atoms with E-state index in [1.54, 1.807) is 11.0 Å². The van der Waals surface area contributed by atoms with Gasteiger partial charge in [-0.15, -0.1) is 0 Å². The van der Waals surface area contributed by atoms with Crippen molar-refractivity contribution in [3.63, 3.8) is 0 Å². The Kier molecular flexibility index (Phi) is 6.34. The van der Waals surface area contributed by atoms with E-state index in [4.69, 9.17) is 0 Å². The van der Waals surface area contributed by atoms with Crippen LogP contribution in [0.25, 0.3) is 6.08 Å². The molecule has 0 atom stereocenters. The van der Waals surface area contributed by atoms with E-state index in [0.717, 1.165) is 5.82 Å². The smallest absolute Gasteiger partial charge is 0.150 e. The van der Waals surface area contributed by atoms with Gasteiger partial charge in [0, 0.05) is 7.05 Å². The second kappa shape index (κ2) is 6.98. The summed E-state index contributed by atoms with van der Waals surface area (Å²) in [7, 11) is 1.87. The second-order valence-electron chi connectivity index (χ2n) is 3.25. The van der Waals surface area contributed by atoms with Crippen molar-refractivity contribution < 1.29 is 0 Å². The van der Waals surface area contributed by atoms with E-state index >= 15 is 0 Å². The molecule has 0 fully saturated rings. The Bertz CT molecular complexity index is 321. The number of allylic oxidation sites excluding steroid dienone is 2. The highest BCUT2D eigenvalue weighted by atomic mass is 15.3. The minimum atomic E-state index is 0.467. The van der Waals surface area contributed by atoms with Gasteiger partial charge in [-0.2, -0.15) is 5.10 Å². The number of aromatic nitrogens is 3. The molecule has 0 unspecified atom stereocenters. The van der Waals surface area contributed by atoms with Crippen molar-refractivity contribution in [2.24, 2.45) is 13.0 Å². The molecule has 3 nitrogen and oxygen atoms in total. The summed E-state index contributed by atoms with van der Waals surface area (Å²) in [5.41, 5.74) is 1.18. The van der Waals surface area contributed by atoms with Crippen LogP contribution in [0.3, 0.4) is 0 Å². The van der Waals surface area contributed by atoms with Gasteiger partial charge in [0.05, 0.1) is 0 Å². The molecule has 0 aliphatic rings. The van der Waals surface area contributed by atoms with Crippen molar-refractivity contribution in [1.82, 2.24) is 14.8 Å². The van der Waals surface area contributed by atoms with E-state index in [1.807, 2.05) is 33.0 Å². The maximum Gasteiger partial charge on any atom is 0.150 e. The monoisotopic (exact) mass is 207 g/mol. The van der Waals surface area contributed by atoms with Gasteiger partial charge in [0.2, 0.25) is 0 Å². The third kappa shape index (κ3) is 4.11. The lowest BCUT2D eigenvalue weighted by atomic mass is 10.0. The van der Waals surface area contributed by atoms with Gasteiger partial charge < -0.3 is 0 Å². The van der Waals surface area contributed by atoms with Crippen molar-refractivity contribution >= 4 is 6.08 Å². The molecule has 0 radical (unpaired) electrons. The second-order valence-corrected chi connectivity index (χ2v) is 3.25. The molecular weight excluding hydrogens is 186 g/mol. The standard InChI is InChI=1S/C10H15N3.C2H6/c1-5-9(8(2)3)6-10-11-7-12-13(10)4;1-2/h5-8H,1H2,2-4H3;1-2H3/b9-6+;. The molecular formula is C12H21N3. The number of rotatable bonds is 3. The summed E-state index contributed by atoms with van der Waals surface area (Å²) in [6, 6.07) is 0. The van der Waals surface area contributed by atoms with Gasteiger partial charge in [0.1, 0.15) is 6.33 Å². The highest BCUT2D eigenvalue weighted by molar-refractivity contribution is 5.49. The zero-order valence-electron chi connectivity index (χ0n) is 10.4. The fourth-order valence-corrected chi connectivity index (χ4v) is 1.05. The summed E-state index contributed by atoms with van der Waals surface area (Å²) >= 11 is 0. The lowest BCUT2D eigenvalue weighted by Gasteiger charge is -2.04. The van der Waals surface area contributed by atoms with Crippen LogP contribution in [-0.2, 0) is 7.05 Å². The van der Waals surface area contributed by atoms with Gasteiger partial charge >= 0.3 is 0 Å². The molecule has 15 heavy (non-hydrogen) atoms. The Morgan fingerprint density at radius 1 is 1.47 bits per heavy atom. The van der Waals surface area contributed by atoms with E-state index in [1.165, 1.54) is 5.57 Å². The van der Waals surface area contributed by atoms with E-state index < -0.39 is 0 Å². The zero-order valence-corrected chi connectivity index (χ0v) is 10.4. The van der Waals surface area contributed by atoms with E-state index in [0.29, 0.717) is 5.92 Å². The van der Waals surface area contributed by atoms with Gasteiger partial charge in [-0.25, -0.2) is 9.67 Å². The van der Waals surface area contributed by atoms with Gasteiger partial charge in [0.25, 0.3) is 0 Å². The summed E-state index contributed by atoms with van der Waals surface area (Å²) in [5, 5.41) is 3.99. The highest BCUT2D eigenvalue weighted by Crippen LogP contribution is 2.13. The van der Waals surface area contributed by atoms with Gasteiger partial charge in [0.15, 0.2) is 5.82 Å². The van der Waals surface area contributed by atoms with Crippen molar-refractivity contribution in [1.29, 1.82) is 0 Å². The van der Waals surface area contributed by atoms with Crippen LogP contribution in [0.1, 0.15) is 33.5 Å². The fraction of sp³-hybridized carbons (Fsp3) is 0.500. The van der Waals surface area contributed by atoms with Crippen LogP contribution in [0.5, 0.6) is 0 Å². The van der Waals surface area contributed by atoms with Gasteiger partial charge in [-0.1, -0.05) is 40.3 Å². The first-order valence-corrected chi connectivity index (χ1v) is 5.33. The zero-order chi connectivity index (χ0) is 11.8. The van der Waals surface area contributed by atoms with Crippen LogP contribution in [0.4, 0.5) is 0 Å². The molecule has 3 heteroatoms. The topological polar surface area (TPSA) is 30.7 Å². The van der Waals surface area contributed by atoms with Crippen molar-refractivity contribution in [2.45, 2.75) is 27.7 Å². The number of nitrogens with zero attached hydrogens (tertiary/aromatic N) is 3. The van der Waals surface area contributed by atoms with Crippen LogP contribution in [0, 0.1) is 5.92 Å². The van der Waals surface area contributed by atoms with E-state index in [-0.39, 0.29) is 0 Å². The normalized spacial score (nSPS) is 10.9. The van der Waals surface area contributed by atoms with Crippen LogP contribution in [-0.4, -0.2) is 14.8 Å². The first kappa shape index (κ1) is 13.6. The number of aryl methyl sites for hydroxylation is 1. The Balaban J connectivity index is 0.000000921. The Morgan fingerprint density at radius 3 is 2.40 bits per heavy atom. The molecule has 0 N–H and O–H groups in total. The average Bonchev–Trinajstić information content (AvgIpc) is 2.63. The molecule has 0 bridgehead atoms. The number of hydrogen-bond donors (Lipinski definition) is 0. The van der Waals surface area contributed by atoms with Crippen LogP contribution in [0.2, 0.25) is 0 Å². The van der Waals surface area contributed by atoms with Gasteiger partial charge in [-0.3, -0.25) is 0 Å². The molecule has 0 aromatic carbocycles. The Morgan fingerprint density at radius 2 is 2.07 bits per heavy atom. The van der Waals surface area contributed by atoms with Crippen LogP contribution in [0.15, 0.2) is 24.6 Å². The summed E-state index contributed by atoms with van der Waals surface area (Å²) < 4.78 is 1.74.